The minimum atomic E-state index is -0.380. The Kier molecular flexibility index (Phi) is 5.03. The van der Waals surface area contributed by atoms with Crippen LogP contribution in [-0.2, 0) is 22.4 Å². The Bertz CT molecular complexity index is 901. The van der Waals surface area contributed by atoms with E-state index in [0.717, 1.165) is 36.8 Å². The summed E-state index contributed by atoms with van der Waals surface area (Å²) < 4.78 is 5.36. The van der Waals surface area contributed by atoms with Gasteiger partial charge in [0.2, 0.25) is 16.2 Å². The molecular weight excluding hydrogens is 380 g/mol. The van der Waals surface area contributed by atoms with Crippen LogP contribution in [0.3, 0.4) is 0 Å². The van der Waals surface area contributed by atoms with Gasteiger partial charge in [0.15, 0.2) is 0 Å². The van der Waals surface area contributed by atoms with Crippen molar-refractivity contribution in [1.82, 2.24) is 15.5 Å². The fraction of sp³-hybridized carbons (Fsp3) is 0.444. The van der Waals surface area contributed by atoms with Crippen molar-refractivity contribution >= 4 is 39.3 Å². The Morgan fingerprint density at radius 3 is 2.82 bits per heavy atom. The molecule has 2 aliphatic heterocycles. The van der Waals surface area contributed by atoms with Crippen LogP contribution >= 0.6 is 11.3 Å². The van der Waals surface area contributed by atoms with Gasteiger partial charge in [-0.05, 0) is 36.1 Å². The summed E-state index contributed by atoms with van der Waals surface area (Å²) in [6.07, 6.45) is 1.02. The third kappa shape index (κ3) is 3.86. The molecule has 0 saturated carbocycles. The summed E-state index contributed by atoms with van der Waals surface area (Å²) in [6, 6.07) is 6.10. The zero-order valence-corrected chi connectivity index (χ0v) is 16.4. The molecular formula is C18H22N6O3S. The normalized spacial score (nSPS) is 19.2. The Hall–Kier alpha value is -2.88. The number of benzene rings is 1. The van der Waals surface area contributed by atoms with E-state index < -0.39 is 0 Å². The van der Waals surface area contributed by atoms with E-state index in [1.165, 1.54) is 29.4 Å². The fourth-order valence-corrected chi connectivity index (χ4v) is 4.18. The molecule has 3 heterocycles. The maximum Gasteiger partial charge on any atom is 0.414 e. The third-order valence-corrected chi connectivity index (χ3v) is 5.77. The number of cyclic esters (lactones) is 1. The monoisotopic (exact) mass is 402 g/mol. The predicted octanol–water partition coefficient (Wildman–Crippen LogP) is 1.19. The number of carbonyl (C=O) groups excluding carboxylic acids is 2. The number of nitrogens with one attached hydrogen (secondary N) is 1. The number of hydrogen-bond acceptors (Lipinski definition) is 8. The van der Waals surface area contributed by atoms with E-state index in [2.05, 4.69) is 32.5 Å². The fourth-order valence-electron chi connectivity index (χ4n) is 3.52. The van der Waals surface area contributed by atoms with Gasteiger partial charge in [-0.2, -0.15) is 0 Å². The molecule has 28 heavy (non-hydrogen) atoms. The summed E-state index contributed by atoms with van der Waals surface area (Å²) >= 11 is 1.40. The molecule has 1 fully saturated rings. The van der Waals surface area contributed by atoms with Gasteiger partial charge in [0.25, 0.3) is 0 Å². The van der Waals surface area contributed by atoms with E-state index in [1.807, 2.05) is 6.07 Å². The molecule has 1 aromatic heterocycles. The molecule has 0 aliphatic carbocycles. The van der Waals surface area contributed by atoms with Crippen LogP contribution < -0.4 is 20.9 Å². The SMILES string of the molecule is CC(=O)NCC1CN(c2ccc3c(c2)CCN(c2nnc(N)s2)CC3)C(=O)O1. The highest BCUT2D eigenvalue weighted by Crippen LogP contribution is 2.29. The van der Waals surface area contributed by atoms with Gasteiger partial charge in [0.1, 0.15) is 6.10 Å². The molecule has 2 amide bonds. The summed E-state index contributed by atoms with van der Waals surface area (Å²) in [6.45, 7) is 3.86. The summed E-state index contributed by atoms with van der Waals surface area (Å²) in [4.78, 5) is 27.2. The number of hydrogen-bond donors (Lipinski definition) is 2. The molecule has 9 nitrogen and oxygen atoms in total. The van der Waals surface area contributed by atoms with Crippen molar-refractivity contribution in [2.75, 3.05) is 41.7 Å². The second-order valence-electron chi connectivity index (χ2n) is 6.92. The highest BCUT2D eigenvalue weighted by Gasteiger charge is 2.32. The lowest BCUT2D eigenvalue weighted by Gasteiger charge is -2.17. The number of rotatable bonds is 4. The van der Waals surface area contributed by atoms with Gasteiger partial charge in [-0.1, -0.05) is 17.4 Å². The van der Waals surface area contributed by atoms with Crippen molar-refractivity contribution in [3.05, 3.63) is 29.3 Å². The largest absolute Gasteiger partial charge is 0.442 e. The molecule has 2 aliphatic rings. The number of nitrogen functional groups attached to an aromatic ring is 1. The Labute approximate surface area is 166 Å². The first-order chi connectivity index (χ1) is 13.5. The van der Waals surface area contributed by atoms with Gasteiger partial charge < -0.3 is 20.7 Å². The summed E-state index contributed by atoms with van der Waals surface area (Å²) in [7, 11) is 0. The van der Waals surface area contributed by atoms with Crippen LogP contribution in [0.1, 0.15) is 18.1 Å². The predicted molar refractivity (Wildman–Crippen MR) is 107 cm³/mol. The number of ether oxygens (including phenoxy) is 1. The summed E-state index contributed by atoms with van der Waals surface area (Å²) in [5.41, 5.74) is 9.02. The molecule has 0 spiro atoms. The smallest absolute Gasteiger partial charge is 0.414 e. The number of aromatic nitrogens is 2. The highest BCUT2D eigenvalue weighted by molar-refractivity contribution is 7.18. The van der Waals surface area contributed by atoms with E-state index >= 15 is 0 Å². The average Bonchev–Trinajstić information content (AvgIpc) is 3.19. The van der Waals surface area contributed by atoms with Crippen LogP contribution in [0.25, 0.3) is 0 Å². The lowest BCUT2D eigenvalue weighted by atomic mass is 10.0. The van der Waals surface area contributed by atoms with Crippen LogP contribution in [0.5, 0.6) is 0 Å². The van der Waals surface area contributed by atoms with Crippen molar-refractivity contribution in [1.29, 1.82) is 0 Å². The molecule has 1 aromatic carbocycles. The maximum atomic E-state index is 12.3. The minimum absolute atomic E-state index is 0.138. The van der Waals surface area contributed by atoms with Crippen LogP contribution in [-0.4, -0.2) is 54.5 Å². The molecule has 3 N–H and O–H groups in total. The Balaban J connectivity index is 1.46. The Morgan fingerprint density at radius 2 is 2.11 bits per heavy atom. The maximum absolute atomic E-state index is 12.3. The number of carbonyl (C=O) groups is 2. The summed E-state index contributed by atoms with van der Waals surface area (Å²) in [5, 5.41) is 12.1. The van der Waals surface area contributed by atoms with E-state index in [-0.39, 0.29) is 18.1 Å². The van der Waals surface area contributed by atoms with Crippen molar-refractivity contribution < 1.29 is 14.3 Å². The number of anilines is 3. The number of fused-ring (bicyclic) bond motifs is 1. The Morgan fingerprint density at radius 1 is 1.32 bits per heavy atom. The van der Waals surface area contributed by atoms with Crippen molar-refractivity contribution in [3.8, 4) is 0 Å². The highest BCUT2D eigenvalue weighted by atomic mass is 32.1. The average molecular weight is 402 g/mol. The number of nitrogens with two attached hydrogens (primary N) is 1. The lowest BCUT2D eigenvalue weighted by molar-refractivity contribution is -0.119. The van der Waals surface area contributed by atoms with E-state index in [9.17, 15) is 9.59 Å². The molecule has 0 bridgehead atoms. The minimum Gasteiger partial charge on any atom is -0.442 e. The van der Waals surface area contributed by atoms with E-state index in [1.54, 1.807) is 4.90 Å². The van der Waals surface area contributed by atoms with Gasteiger partial charge in [0.05, 0.1) is 13.1 Å². The van der Waals surface area contributed by atoms with Gasteiger partial charge in [-0.25, -0.2) is 4.79 Å². The molecule has 10 heteroatoms. The van der Waals surface area contributed by atoms with E-state index in [0.29, 0.717) is 18.2 Å². The van der Waals surface area contributed by atoms with Gasteiger partial charge in [0, 0.05) is 25.7 Å². The second kappa shape index (κ2) is 7.63. The lowest BCUT2D eigenvalue weighted by Crippen LogP contribution is -2.33. The molecule has 1 atom stereocenters. The van der Waals surface area contributed by atoms with Crippen LogP contribution in [0, 0.1) is 0 Å². The first kappa shape index (κ1) is 18.5. The molecule has 148 valence electrons. The molecule has 0 radical (unpaired) electrons. The molecule has 4 rings (SSSR count). The van der Waals surface area contributed by atoms with Crippen LogP contribution in [0.2, 0.25) is 0 Å². The standard InChI is InChI=1S/C18H22N6O3S/c1-11(25)20-9-15-10-24(18(26)27-15)14-3-2-12-4-6-23(7-5-13(12)8-14)17-22-21-16(19)28-17/h2-3,8,15H,4-7,9-10H2,1H3,(H2,19,21)(H,20,25). The van der Waals surface area contributed by atoms with Crippen LogP contribution in [0.15, 0.2) is 18.2 Å². The van der Waals surface area contributed by atoms with Crippen molar-refractivity contribution in [2.24, 2.45) is 0 Å². The first-order valence-corrected chi connectivity index (χ1v) is 9.99. The van der Waals surface area contributed by atoms with Gasteiger partial charge >= 0.3 is 6.09 Å². The topological polar surface area (TPSA) is 114 Å². The van der Waals surface area contributed by atoms with Gasteiger partial charge in [-0.15, -0.1) is 10.2 Å². The molecule has 1 unspecified atom stereocenters. The van der Waals surface area contributed by atoms with Gasteiger partial charge in [-0.3, -0.25) is 9.69 Å². The second-order valence-corrected chi connectivity index (χ2v) is 7.90. The van der Waals surface area contributed by atoms with Crippen molar-refractivity contribution in [3.63, 3.8) is 0 Å². The van der Waals surface area contributed by atoms with Crippen molar-refractivity contribution in [2.45, 2.75) is 25.9 Å². The molecule has 1 saturated heterocycles. The summed E-state index contributed by atoms with van der Waals surface area (Å²) in [5.74, 6) is -0.138. The zero-order valence-electron chi connectivity index (χ0n) is 15.6. The van der Waals surface area contributed by atoms with Crippen LogP contribution in [0.4, 0.5) is 20.7 Å². The zero-order chi connectivity index (χ0) is 19.7. The van der Waals surface area contributed by atoms with E-state index in [4.69, 9.17) is 10.5 Å². The first-order valence-electron chi connectivity index (χ1n) is 9.18. The number of nitrogens with zero attached hydrogens (tertiary/aromatic N) is 4. The quantitative estimate of drug-likeness (QED) is 0.789. The molecule has 2 aromatic rings. The number of amides is 2. The third-order valence-electron chi connectivity index (χ3n) is 4.96.